The lowest BCUT2D eigenvalue weighted by atomic mass is 9.88. The second-order valence-electron chi connectivity index (χ2n) is 5.92. The largest absolute Gasteiger partial charge is 0.411 e. The molecule has 0 saturated carbocycles. The van der Waals surface area contributed by atoms with Crippen LogP contribution in [0.25, 0.3) is 21.7 Å². The quantitative estimate of drug-likeness (QED) is 0.716. The zero-order valence-electron chi connectivity index (χ0n) is 12.8. The minimum atomic E-state index is 0.456. The predicted molar refractivity (Wildman–Crippen MR) is 93.0 cm³/mol. The van der Waals surface area contributed by atoms with Crippen molar-refractivity contribution in [3.05, 3.63) is 53.5 Å². The molecule has 0 unspecified atom stereocenters. The van der Waals surface area contributed by atoms with Crippen LogP contribution in [0.1, 0.15) is 24.3 Å². The highest BCUT2D eigenvalue weighted by atomic mass is 32.1. The summed E-state index contributed by atoms with van der Waals surface area (Å²) in [6.45, 7) is 2.05. The second kappa shape index (κ2) is 6.18. The molecule has 0 spiro atoms. The molecule has 1 aliphatic heterocycles. The number of rotatable bonds is 3. The predicted octanol–water partition coefficient (Wildman–Crippen LogP) is 3.98. The van der Waals surface area contributed by atoms with E-state index >= 15 is 0 Å². The fourth-order valence-electron chi connectivity index (χ4n) is 3.33. The molecule has 4 nitrogen and oxygen atoms in total. The van der Waals surface area contributed by atoms with Crippen LogP contribution in [0, 0.1) is 0 Å². The third kappa shape index (κ3) is 2.78. The van der Waals surface area contributed by atoms with Crippen molar-refractivity contribution < 1.29 is 5.21 Å². The molecule has 2 N–H and O–H groups in total. The molecule has 0 amide bonds. The summed E-state index contributed by atoms with van der Waals surface area (Å²) >= 11 is 1.73. The Hall–Kier alpha value is -2.11. The van der Waals surface area contributed by atoms with Crippen LogP contribution in [0.2, 0.25) is 0 Å². The maximum Gasteiger partial charge on any atom is 0.113 e. The number of benzene rings is 1. The monoisotopic (exact) mass is 325 g/mol. The molecule has 3 heterocycles. The lowest BCUT2D eigenvalue weighted by molar-refractivity contribution is 0.153. The highest BCUT2D eigenvalue weighted by molar-refractivity contribution is 7.13. The zero-order valence-corrected chi connectivity index (χ0v) is 13.6. The Morgan fingerprint density at radius 3 is 2.74 bits per heavy atom. The number of nitrogens with one attached hydrogen (secondary N) is 1. The first-order valence-corrected chi connectivity index (χ1v) is 8.83. The van der Waals surface area contributed by atoms with Gasteiger partial charge in [0.15, 0.2) is 0 Å². The summed E-state index contributed by atoms with van der Waals surface area (Å²) in [6, 6.07) is 12.5. The molecule has 0 bridgehead atoms. The number of nitrogens with zero attached hydrogens (tertiary/aromatic N) is 2. The summed E-state index contributed by atoms with van der Waals surface area (Å²) in [4.78, 5) is 2.27. The van der Waals surface area contributed by atoms with Gasteiger partial charge in [-0.25, -0.2) is 0 Å². The van der Waals surface area contributed by atoms with Crippen molar-refractivity contribution in [2.24, 2.45) is 0 Å². The van der Waals surface area contributed by atoms with Gasteiger partial charge in [0, 0.05) is 16.0 Å². The number of aromatic nitrogens is 2. The smallest absolute Gasteiger partial charge is 0.113 e. The Labute approximate surface area is 139 Å². The number of thiophene rings is 1. The van der Waals surface area contributed by atoms with E-state index in [1.807, 2.05) is 18.3 Å². The molecule has 2 aromatic heterocycles. The van der Waals surface area contributed by atoms with E-state index < -0.39 is 0 Å². The highest BCUT2D eigenvalue weighted by Gasteiger charge is 2.23. The van der Waals surface area contributed by atoms with E-state index in [1.165, 1.54) is 10.4 Å². The zero-order chi connectivity index (χ0) is 15.6. The number of hydrogen-bond acceptors (Lipinski definition) is 4. The van der Waals surface area contributed by atoms with E-state index in [-0.39, 0.29) is 0 Å². The van der Waals surface area contributed by atoms with E-state index in [1.54, 1.807) is 11.3 Å². The highest BCUT2D eigenvalue weighted by Crippen LogP contribution is 2.35. The van der Waals surface area contributed by atoms with Crippen molar-refractivity contribution in [2.75, 3.05) is 13.1 Å². The molecule has 1 aliphatic rings. The van der Waals surface area contributed by atoms with Crippen LogP contribution in [0.4, 0.5) is 0 Å². The fourth-order valence-corrected chi connectivity index (χ4v) is 4.05. The van der Waals surface area contributed by atoms with Crippen molar-refractivity contribution in [3.63, 3.8) is 0 Å². The van der Waals surface area contributed by atoms with Crippen LogP contribution >= 0.6 is 11.3 Å². The molecule has 5 heteroatoms. The number of hydrogen-bond donors (Lipinski definition) is 2. The third-order valence-corrected chi connectivity index (χ3v) is 5.42. The van der Waals surface area contributed by atoms with Gasteiger partial charge in [-0.3, -0.25) is 0 Å². The van der Waals surface area contributed by atoms with Gasteiger partial charge < -0.3 is 10.5 Å². The van der Waals surface area contributed by atoms with E-state index in [0.717, 1.165) is 47.6 Å². The van der Waals surface area contributed by atoms with Gasteiger partial charge in [-0.1, -0.05) is 24.3 Å². The van der Waals surface area contributed by atoms with Crippen molar-refractivity contribution in [1.29, 1.82) is 0 Å². The lowest BCUT2D eigenvalue weighted by Crippen LogP contribution is -2.26. The first-order valence-electron chi connectivity index (χ1n) is 7.95. The molecule has 0 aliphatic carbocycles. The van der Waals surface area contributed by atoms with Gasteiger partial charge in [0.1, 0.15) is 5.69 Å². The van der Waals surface area contributed by atoms with Crippen LogP contribution in [-0.4, -0.2) is 28.2 Å². The van der Waals surface area contributed by atoms with Crippen molar-refractivity contribution in [1.82, 2.24) is 15.3 Å². The van der Waals surface area contributed by atoms with Gasteiger partial charge in [0.25, 0.3) is 0 Å². The first-order chi connectivity index (χ1) is 11.3. The van der Waals surface area contributed by atoms with Gasteiger partial charge >= 0.3 is 0 Å². The molecular weight excluding hydrogens is 306 g/mol. The third-order valence-electron chi connectivity index (χ3n) is 4.50. The lowest BCUT2D eigenvalue weighted by Gasteiger charge is -2.22. The summed E-state index contributed by atoms with van der Waals surface area (Å²) in [5, 5.41) is 19.8. The van der Waals surface area contributed by atoms with Crippen molar-refractivity contribution in [2.45, 2.75) is 18.8 Å². The van der Waals surface area contributed by atoms with Crippen molar-refractivity contribution >= 4 is 11.3 Å². The molecule has 0 atom stereocenters. The second-order valence-corrected chi connectivity index (χ2v) is 6.87. The summed E-state index contributed by atoms with van der Waals surface area (Å²) in [7, 11) is 0. The van der Waals surface area contributed by atoms with E-state index in [4.69, 9.17) is 0 Å². The number of piperidine rings is 1. The van der Waals surface area contributed by atoms with Gasteiger partial charge in [0.05, 0.1) is 6.20 Å². The first kappa shape index (κ1) is 14.5. The Bertz CT molecular complexity index is 788. The maximum atomic E-state index is 10.2. The molecule has 3 aromatic rings. The summed E-state index contributed by atoms with van der Waals surface area (Å²) in [5.41, 5.74) is 4.17. The topological polar surface area (TPSA) is 50.1 Å². The molecule has 1 fully saturated rings. The average molecular weight is 325 g/mol. The van der Waals surface area contributed by atoms with Gasteiger partial charge in [-0.05, 0) is 54.9 Å². The van der Waals surface area contributed by atoms with E-state index in [2.05, 4.69) is 40.1 Å². The minimum Gasteiger partial charge on any atom is -0.411 e. The molecule has 1 saturated heterocycles. The van der Waals surface area contributed by atoms with Gasteiger partial charge in [0.2, 0.25) is 0 Å². The van der Waals surface area contributed by atoms with E-state index in [0.29, 0.717) is 5.92 Å². The van der Waals surface area contributed by atoms with Gasteiger partial charge in [-0.2, -0.15) is 0 Å². The maximum absolute atomic E-state index is 10.2. The standard InChI is InChI=1S/C18H19N3OS/c22-21-18(16(12-20-21)13-6-8-19-9-7-13)15-4-1-3-14(11-15)17-5-2-10-23-17/h1-5,10-13,19,22H,6-9H2. The molecular formula is C18H19N3OS. The van der Waals surface area contributed by atoms with Crippen molar-refractivity contribution in [3.8, 4) is 21.7 Å². The molecule has 23 heavy (non-hydrogen) atoms. The Morgan fingerprint density at radius 2 is 1.96 bits per heavy atom. The summed E-state index contributed by atoms with van der Waals surface area (Å²) < 4.78 is 0. The molecule has 0 radical (unpaired) electrons. The minimum absolute atomic E-state index is 0.456. The summed E-state index contributed by atoms with van der Waals surface area (Å²) in [6.07, 6.45) is 4.00. The average Bonchev–Trinajstić information content (AvgIpc) is 3.25. The van der Waals surface area contributed by atoms with Crippen LogP contribution < -0.4 is 5.32 Å². The van der Waals surface area contributed by atoms with Crippen LogP contribution in [0.15, 0.2) is 48.0 Å². The van der Waals surface area contributed by atoms with Crippen LogP contribution in [0.5, 0.6) is 0 Å². The Balaban J connectivity index is 1.76. The van der Waals surface area contributed by atoms with E-state index in [9.17, 15) is 5.21 Å². The molecule has 118 valence electrons. The Morgan fingerprint density at radius 1 is 1.13 bits per heavy atom. The molecule has 4 rings (SSSR count). The molecule has 1 aromatic carbocycles. The van der Waals surface area contributed by atoms with Crippen LogP contribution in [-0.2, 0) is 0 Å². The van der Waals surface area contributed by atoms with Gasteiger partial charge in [-0.15, -0.1) is 21.3 Å². The van der Waals surface area contributed by atoms with Crippen LogP contribution in [0.3, 0.4) is 0 Å². The fraction of sp³-hybridized carbons (Fsp3) is 0.278. The summed E-state index contributed by atoms with van der Waals surface area (Å²) in [5.74, 6) is 0.456. The Kier molecular flexibility index (Phi) is 3.89. The normalized spacial score (nSPS) is 15.8. The SMILES string of the molecule is On1ncc(C2CCNCC2)c1-c1cccc(-c2cccs2)c1.